The van der Waals surface area contributed by atoms with Crippen LogP contribution in [0.1, 0.15) is 19.3 Å². The summed E-state index contributed by atoms with van der Waals surface area (Å²) in [4.78, 5) is 6.76. The van der Waals surface area contributed by atoms with E-state index in [4.69, 9.17) is 5.73 Å². The number of pyridine rings is 1. The summed E-state index contributed by atoms with van der Waals surface area (Å²) in [7, 11) is 0. The number of nitrogens with one attached hydrogen (secondary N) is 1. The first-order chi connectivity index (χ1) is 8.25. The first-order valence-electron chi connectivity index (χ1n) is 6.13. The van der Waals surface area contributed by atoms with E-state index in [2.05, 4.69) is 31.1 Å². The molecule has 1 aromatic rings. The van der Waals surface area contributed by atoms with Crippen LogP contribution < -0.4 is 11.1 Å². The standard InChI is InChI=1S/C12H19BrN4/c13-11-8-10(14)9-16-12(11)15-4-7-17-5-2-1-3-6-17/h8-9H,1-7,14H2,(H,15,16). The monoisotopic (exact) mass is 298 g/mol. The lowest BCUT2D eigenvalue weighted by atomic mass is 10.1. The van der Waals surface area contributed by atoms with Gasteiger partial charge in [-0.2, -0.15) is 0 Å². The molecule has 1 saturated heterocycles. The molecule has 94 valence electrons. The molecular weight excluding hydrogens is 280 g/mol. The molecule has 2 rings (SSSR count). The molecule has 17 heavy (non-hydrogen) atoms. The number of halogens is 1. The fourth-order valence-corrected chi connectivity index (χ4v) is 2.61. The second-order valence-electron chi connectivity index (χ2n) is 4.43. The Morgan fingerprint density at radius 3 is 2.82 bits per heavy atom. The van der Waals surface area contributed by atoms with Gasteiger partial charge in [0, 0.05) is 13.1 Å². The van der Waals surface area contributed by atoms with Crippen molar-refractivity contribution >= 4 is 27.4 Å². The summed E-state index contributed by atoms with van der Waals surface area (Å²) in [5.41, 5.74) is 6.32. The predicted molar refractivity (Wildman–Crippen MR) is 75.1 cm³/mol. The van der Waals surface area contributed by atoms with Crippen molar-refractivity contribution in [1.82, 2.24) is 9.88 Å². The van der Waals surface area contributed by atoms with Crippen LogP contribution in [-0.2, 0) is 0 Å². The lowest BCUT2D eigenvalue weighted by molar-refractivity contribution is 0.237. The van der Waals surface area contributed by atoms with Gasteiger partial charge in [0.15, 0.2) is 0 Å². The van der Waals surface area contributed by atoms with Crippen LogP contribution in [0.25, 0.3) is 0 Å². The third-order valence-electron chi connectivity index (χ3n) is 3.03. The van der Waals surface area contributed by atoms with E-state index in [1.807, 2.05) is 6.07 Å². The zero-order valence-corrected chi connectivity index (χ0v) is 11.5. The van der Waals surface area contributed by atoms with E-state index in [1.54, 1.807) is 6.20 Å². The number of nitrogen functional groups attached to an aromatic ring is 1. The Hall–Kier alpha value is -0.810. The molecule has 0 radical (unpaired) electrons. The van der Waals surface area contributed by atoms with Crippen LogP contribution >= 0.6 is 15.9 Å². The van der Waals surface area contributed by atoms with Gasteiger partial charge in [-0.3, -0.25) is 0 Å². The molecule has 1 aromatic heterocycles. The van der Waals surface area contributed by atoms with Gasteiger partial charge < -0.3 is 16.0 Å². The van der Waals surface area contributed by atoms with E-state index in [9.17, 15) is 0 Å². The van der Waals surface area contributed by atoms with Gasteiger partial charge in [-0.25, -0.2) is 4.98 Å². The summed E-state index contributed by atoms with van der Waals surface area (Å²) in [5, 5.41) is 3.33. The quantitative estimate of drug-likeness (QED) is 0.896. The Bertz CT molecular complexity index is 364. The molecule has 0 bridgehead atoms. The third-order valence-corrected chi connectivity index (χ3v) is 3.64. The molecule has 1 aliphatic heterocycles. The Morgan fingerprint density at radius 1 is 1.35 bits per heavy atom. The van der Waals surface area contributed by atoms with Gasteiger partial charge in [-0.1, -0.05) is 6.42 Å². The zero-order valence-electron chi connectivity index (χ0n) is 9.95. The molecule has 4 nitrogen and oxygen atoms in total. The van der Waals surface area contributed by atoms with Crippen molar-refractivity contribution in [3.05, 3.63) is 16.7 Å². The smallest absolute Gasteiger partial charge is 0.140 e. The lowest BCUT2D eigenvalue weighted by Crippen LogP contribution is -2.33. The van der Waals surface area contributed by atoms with Crippen molar-refractivity contribution in [3.63, 3.8) is 0 Å². The van der Waals surface area contributed by atoms with Gasteiger partial charge in [-0.05, 0) is 47.9 Å². The molecule has 1 fully saturated rings. The molecular formula is C12H19BrN4. The predicted octanol–water partition coefficient (Wildman–Crippen LogP) is 2.32. The molecule has 0 atom stereocenters. The molecule has 2 heterocycles. The number of hydrogen-bond acceptors (Lipinski definition) is 4. The third kappa shape index (κ3) is 3.85. The van der Waals surface area contributed by atoms with Gasteiger partial charge >= 0.3 is 0 Å². The number of piperidine rings is 1. The van der Waals surface area contributed by atoms with E-state index in [0.717, 1.165) is 23.4 Å². The van der Waals surface area contributed by atoms with Crippen LogP contribution in [0.3, 0.4) is 0 Å². The van der Waals surface area contributed by atoms with E-state index >= 15 is 0 Å². The summed E-state index contributed by atoms with van der Waals surface area (Å²) in [6, 6.07) is 1.87. The lowest BCUT2D eigenvalue weighted by Gasteiger charge is -2.26. The first-order valence-corrected chi connectivity index (χ1v) is 6.92. The summed E-state index contributed by atoms with van der Waals surface area (Å²) in [6.45, 7) is 4.48. The van der Waals surface area contributed by atoms with Crippen molar-refractivity contribution in [2.75, 3.05) is 37.2 Å². The second kappa shape index (κ2) is 6.21. The van der Waals surface area contributed by atoms with E-state index < -0.39 is 0 Å². The Kier molecular flexibility index (Phi) is 4.62. The van der Waals surface area contributed by atoms with Crippen molar-refractivity contribution in [3.8, 4) is 0 Å². The van der Waals surface area contributed by atoms with Crippen LogP contribution in [0, 0.1) is 0 Å². The summed E-state index contributed by atoms with van der Waals surface area (Å²) < 4.78 is 0.927. The number of rotatable bonds is 4. The van der Waals surface area contributed by atoms with Crippen LogP contribution in [0.5, 0.6) is 0 Å². The van der Waals surface area contributed by atoms with Gasteiger partial charge in [0.2, 0.25) is 0 Å². The number of hydrogen-bond donors (Lipinski definition) is 2. The Morgan fingerprint density at radius 2 is 2.12 bits per heavy atom. The highest BCUT2D eigenvalue weighted by Crippen LogP contribution is 2.21. The van der Waals surface area contributed by atoms with Crippen molar-refractivity contribution in [2.24, 2.45) is 0 Å². The summed E-state index contributed by atoms with van der Waals surface area (Å²) in [5.74, 6) is 0.871. The number of likely N-dealkylation sites (tertiary alicyclic amines) is 1. The highest BCUT2D eigenvalue weighted by molar-refractivity contribution is 9.10. The van der Waals surface area contributed by atoms with E-state index in [-0.39, 0.29) is 0 Å². The summed E-state index contributed by atoms with van der Waals surface area (Å²) >= 11 is 3.45. The van der Waals surface area contributed by atoms with Crippen LogP contribution in [0.15, 0.2) is 16.7 Å². The maximum atomic E-state index is 5.64. The van der Waals surface area contributed by atoms with Crippen molar-refractivity contribution < 1.29 is 0 Å². The highest BCUT2D eigenvalue weighted by Gasteiger charge is 2.09. The molecule has 3 N–H and O–H groups in total. The average Bonchev–Trinajstić information content (AvgIpc) is 2.33. The minimum atomic E-state index is 0.679. The molecule has 0 aliphatic carbocycles. The van der Waals surface area contributed by atoms with Crippen molar-refractivity contribution in [1.29, 1.82) is 0 Å². The molecule has 0 aromatic carbocycles. The van der Waals surface area contributed by atoms with Crippen molar-refractivity contribution in [2.45, 2.75) is 19.3 Å². The van der Waals surface area contributed by atoms with Gasteiger partial charge in [0.05, 0.1) is 16.4 Å². The number of anilines is 2. The largest absolute Gasteiger partial charge is 0.397 e. The van der Waals surface area contributed by atoms with E-state index in [1.165, 1.54) is 32.4 Å². The normalized spacial score (nSPS) is 17.0. The SMILES string of the molecule is Nc1cnc(NCCN2CCCCC2)c(Br)c1. The fourth-order valence-electron chi connectivity index (χ4n) is 2.10. The molecule has 1 aliphatic rings. The maximum absolute atomic E-state index is 5.64. The maximum Gasteiger partial charge on any atom is 0.140 e. The minimum Gasteiger partial charge on any atom is -0.397 e. The van der Waals surface area contributed by atoms with Gasteiger partial charge in [-0.15, -0.1) is 0 Å². The highest BCUT2D eigenvalue weighted by atomic mass is 79.9. The Labute approximate surface area is 111 Å². The molecule has 0 unspecified atom stereocenters. The van der Waals surface area contributed by atoms with E-state index in [0.29, 0.717) is 5.69 Å². The topological polar surface area (TPSA) is 54.2 Å². The van der Waals surface area contributed by atoms with Crippen LogP contribution in [-0.4, -0.2) is 36.1 Å². The second-order valence-corrected chi connectivity index (χ2v) is 5.28. The van der Waals surface area contributed by atoms with Crippen LogP contribution in [0.2, 0.25) is 0 Å². The average molecular weight is 299 g/mol. The summed E-state index contributed by atoms with van der Waals surface area (Å²) in [6.07, 6.45) is 5.73. The molecule has 0 spiro atoms. The Balaban J connectivity index is 1.77. The molecule has 0 amide bonds. The van der Waals surface area contributed by atoms with Crippen LogP contribution in [0.4, 0.5) is 11.5 Å². The number of nitrogens with two attached hydrogens (primary N) is 1. The minimum absolute atomic E-state index is 0.679. The molecule has 0 saturated carbocycles. The zero-order chi connectivity index (χ0) is 12.1. The van der Waals surface area contributed by atoms with Gasteiger partial charge in [0.1, 0.15) is 5.82 Å². The fraction of sp³-hybridized carbons (Fsp3) is 0.583. The number of aromatic nitrogens is 1. The molecule has 5 heteroatoms. The van der Waals surface area contributed by atoms with Gasteiger partial charge in [0.25, 0.3) is 0 Å². The number of nitrogens with zero attached hydrogens (tertiary/aromatic N) is 2. The first kappa shape index (κ1) is 12.6.